The van der Waals surface area contributed by atoms with E-state index in [1.165, 1.54) is 4.88 Å². The minimum atomic E-state index is 0.191. The SMILES string of the molecule is CCNc1nc(NC(CC)c2cccs2)nc(OC)n1. The van der Waals surface area contributed by atoms with Gasteiger partial charge in [-0.05, 0) is 24.8 Å². The maximum Gasteiger partial charge on any atom is 0.322 e. The van der Waals surface area contributed by atoms with E-state index in [1.807, 2.05) is 13.0 Å². The minimum absolute atomic E-state index is 0.191. The van der Waals surface area contributed by atoms with Gasteiger partial charge < -0.3 is 15.4 Å². The van der Waals surface area contributed by atoms with Crippen molar-refractivity contribution in [1.29, 1.82) is 0 Å². The van der Waals surface area contributed by atoms with Gasteiger partial charge in [-0.25, -0.2) is 0 Å². The van der Waals surface area contributed by atoms with E-state index in [2.05, 4.69) is 44.0 Å². The Labute approximate surface area is 122 Å². The second kappa shape index (κ2) is 7.04. The van der Waals surface area contributed by atoms with Crippen molar-refractivity contribution in [3.8, 4) is 6.01 Å². The summed E-state index contributed by atoms with van der Waals surface area (Å²) in [6.07, 6.45) is 0.949. The van der Waals surface area contributed by atoms with Gasteiger partial charge in [0.25, 0.3) is 0 Å². The van der Waals surface area contributed by atoms with Gasteiger partial charge in [0.05, 0.1) is 13.2 Å². The lowest BCUT2D eigenvalue weighted by Gasteiger charge is -2.16. The van der Waals surface area contributed by atoms with Crippen LogP contribution in [0.25, 0.3) is 0 Å². The highest BCUT2D eigenvalue weighted by Crippen LogP contribution is 2.25. The van der Waals surface area contributed by atoms with Crippen LogP contribution in [0.5, 0.6) is 6.01 Å². The predicted octanol–water partition coefficient (Wildman–Crippen LogP) is 2.94. The Morgan fingerprint density at radius 2 is 2.05 bits per heavy atom. The number of anilines is 2. The summed E-state index contributed by atoms with van der Waals surface area (Å²) in [5.41, 5.74) is 0. The molecule has 0 aliphatic carbocycles. The van der Waals surface area contributed by atoms with Crippen LogP contribution in [0.15, 0.2) is 17.5 Å². The van der Waals surface area contributed by atoms with Crippen LogP contribution < -0.4 is 15.4 Å². The molecule has 2 aromatic rings. The van der Waals surface area contributed by atoms with Gasteiger partial charge in [0.15, 0.2) is 0 Å². The number of nitrogens with zero attached hydrogens (tertiary/aromatic N) is 3. The Morgan fingerprint density at radius 1 is 1.25 bits per heavy atom. The number of rotatable bonds is 7. The fraction of sp³-hybridized carbons (Fsp3) is 0.462. The first kappa shape index (κ1) is 14.5. The summed E-state index contributed by atoms with van der Waals surface area (Å²) >= 11 is 1.72. The topological polar surface area (TPSA) is 72.0 Å². The molecule has 0 aliphatic heterocycles. The predicted molar refractivity (Wildman–Crippen MR) is 81.5 cm³/mol. The molecular weight excluding hydrogens is 274 g/mol. The fourth-order valence-corrected chi connectivity index (χ4v) is 2.63. The molecule has 2 N–H and O–H groups in total. The maximum atomic E-state index is 5.11. The van der Waals surface area contributed by atoms with Gasteiger partial charge in [-0.15, -0.1) is 11.3 Å². The number of aromatic nitrogens is 3. The Kier molecular flexibility index (Phi) is 5.11. The Morgan fingerprint density at radius 3 is 2.65 bits per heavy atom. The number of thiophene rings is 1. The Hall–Kier alpha value is -1.89. The number of methoxy groups -OCH3 is 1. The van der Waals surface area contributed by atoms with Crippen molar-refractivity contribution in [3.05, 3.63) is 22.4 Å². The number of hydrogen-bond donors (Lipinski definition) is 2. The Balaban J connectivity index is 2.20. The van der Waals surface area contributed by atoms with Gasteiger partial charge in [-0.3, -0.25) is 0 Å². The smallest absolute Gasteiger partial charge is 0.322 e. The molecule has 20 heavy (non-hydrogen) atoms. The molecular formula is C13H19N5OS. The summed E-state index contributed by atoms with van der Waals surface area (Å²) < 4.78 is 5.11. The average molecular weight is 293 g/mol. The van der Waals surface area contributed by atoms with Crippen molar-refractivity contribution in [3.63, 3.8) is 0 Å². The molecule has 0 saturated carbocycles. The molecule has 0 aliphatic rings. The third-order valence-corrected chi connectivity index (χ3v) is 3.72. The van der Waals surface area contributed by atoms with Crippen LogP contribution in [0, 0.1) is 0 Å². The van der Waals surface area contributed by atoms with Gasteiger partial charge >= 0.3 is 6.01 Å². The molecule has 0 fully saturated rings. The zero-order valence-corrected chi connectivity index (χ0v) is 12.7. The van der Waals surface area contributed by atoms with E-state index < -0.39 is 0 Å². The highest BCUT2D eigenvalue weighted by molar-refractivity contribution is 7.10. The van der Waals surface area contributed by atoms with E-state index in [1.54, 1.807) is 18.4 Å². The number of hydrogen-bond acceptors (Lipinski definition) is 7. The van der Waals surface area contributed by atoms with Crippen LogP contribution in [-0.4, -0.2) is 28.6 Å². The van der Waals surface area contributed by atoms with Crippen LogP contribution in [-0.2, 0) is 0 Å². The van der Waals surface area contributed by atoms with E-state index in [0.717, 1.165) is 13.0 Å². The van der Waals surface area contributed by atoms with Crippen molar-refractivity contribution >= 4 is 23.2 Å². The van der Waals surface area contributed by atoms with Crippen LogP contribution in [0.2, 0.25) is 0 Å². The van der Waals surface area contributed by atoms with E-state index in [4.69, 9.17) is 4.74 Å². The van der Waals surface area contributed by atoms with Gasteiger partial charge in [-0.2, -0.15) is 15.0 Å². The van der Waals surface area contributed by atoms with E-state index >= 15 is 0 Å². The third-order valence-electron chi connectivity index (χ3n) is 2.73. The first-order valence-corrected chi connectivity index (χ1v) is 7.48. The highest BCUT2D eigenvalue weighted by atomic mass is 32.1. The highest BCUT2D eigenvalue weighted by Gasteiger charge is 2.13. The summed E-state index contributed by atoms with van der Waals surface area (Å²) in [7, 11) is 1.55. The molecule has 108 valence electrons. The van der Waals surface area contributed by atoms with Crippen LogP contribution in [0.1, 0.15) is 31.2 Å². The van der Waals surface area contributed by atoms with Crippen LogP contribution in [0.3, 0.4) is 0 Å². The molecule has 7 heteroatoms. The van der Waals surface area contributed by atoms with E-state index in [9.17, 15) is 0 Å². The van der Waals surface area contributed by atoms with Gasteiger partial charge in [0.1, 0.15) is 0 Å². The van der Waals surface area contributed by atoms with Crippen LogP contribution >= 0.6 is 11.3 Å². The quantitative estimate of drug-likeness (QED) is 0.818. The van der Waals surface area contributed by atoms with Crippen molar-refractivity contribution in [2.24, 2.45) is 0 Å². The van der Waals surface area contributed by atoms with Gasteiger partial charge in [-0.1, -0.05) is 13.0 Å². The molecule has 2 rings (SSSR count). The lowest BCUT2D eigenvalue weighted by atomic mass is 10.2. The first-order chi connectivity index (χ1) is 9.76. The molecule has 0 bridgehead atoms. The zero-order chi connectivity index (χ0) is 14.4. The normalized spacial score (nSPS) is 11.9. The molecule has 0 aromatic carbocycles. The third kappa shape index (κ3) is 3.57. The molecule has 6 nitrogen and oxygen atoms in total. The van der Waals surface area contributed by atoms with Gasteiger partial charge in [0.2, 0.25) is 11.9 Å². The zero-order valence-electron chi connectivity index (χ0n) is 11.9. The summed E-state index contributed by atoms with van der Waals surface area (Å²) in [5, 5.41) is 8.47. The Bertz CT molecular complexity index is 532. The molecule has 0 amide bonds. The average Bonchev–Trinajstić information content (AvgIpc) is 2.99. The van der Waals surface area contributed by atoms with Crippen molar-refractivity contribution < 1.29 is 4.74 Å². The molecule has 0 saturated heterocycles. The minimum Gasteiger partial charge on any atom is -0.467 e. The largest absolute Gasteiger partial charge is 0.467 e. The second-order valence-electron chi connectivity index (χ2n) is 4.12. The maximum absolute atomic E-state index is 5.11. The van der Waals surface area contributed by atoms with Gasteiger partial charge in [0, 0.05) is 11.4 Å². The molecule has 2 aromatic heterocycles. The van der Waals surface area contributed by atoms with E-state index in [0.29, 0.717) is 17.9 Å². The van der Waals surface area contributed by atoms with Crippen LogP contribution in [0.4, 0.5) is 11.9 Å². The standard InChI is InChI=1S/C13H19N5OS/c1-4-9(10-7-6-8-20-10)15-12-16-11(14-5-2)17-13(18-12)19-3/h6-9H,4-5H2,1-3H3,(H2,14,15,16,17,18). The fourth-order valence-electron chi connectivity index (χ4n) is 1.77. The van der Waals surface area contributed by atoms with E-state index in [-0.39, 0.29) is 6.04 Å². The molecule has 1 atom stereocenters. The molecule has 2 heterocycles. The molecule has 1 unspecified atom stereocenters. The summed E-state index contributed by atoms with van der Waals surface area (Å²) in [6, 6.07) is 4.65. The lowest BCUT2D eigenvalue weighted by Crippen LogP contribution is -2.13. The summed E-state index contributed by atoms with van der Waals surface area (Å²) in [4.78, 5) is 14.0. The lowest BCUT2D eigenvalue weighted by molar-refractivity contribution is 0.379. The van der Waals surface area contributed by atoms with Crippen molar-refractivity contribution in [2.45, 2.75) is 26.3 Å². The number of ether oxygens (including phenoxy) is 1. The summed E-state index contributed by atoms with van der Waals surface area (Å²) in [6.45, 7) is 4.86. The monoisotopic (exact) mass is 293 g/mol. The van der Waals surface area contributed by atoms with Crippen molar-refractivity contribution in [1.82, 2.24) is 15.0 Å². The first-order valence-electron chi connectivity index (χ1n) is 6.60. The molecule has 0 spiro atoms. The second-order valence-corrected chi connectivity index (χ2v) is 5.10. The van der Waals surface area contributed by atoms with Crippen molar-refractivity contribution in [2.75, 3.05) is 24.3 Å². The summed E-state index contributed by atoms with van der Waals surface area (Å²) in [5.74, 6) is 1.04. The molecule has 0 radical (unpaired) electrons. The number of nitrogens with one attached hydrogen (secondary N) is 2.